The van der Waals surface area contributed by atoms with E-state index in [0.717, 1.165) is 42.3 Å². The third-order valence-electron chi connectivity index (χ3n) is 3.30. The summed E-state index contributed by atoms with van der Waals surface area (Å²) in [4.78, 5) is 18.2. The summed E-state index contributed by atoms with van der Waals surface area (Å²) in [6, 6.07) is 1.62. The van der Waals surface area contributed by atoms with E-state index in [1.807, 2.05) is 5.38 Å². The minimum Gasteiger partial charge on any atom is -0.477 e. The van der Waals surface area contributed by atoms with Gasteiger partial charge in [0.1, 0.15) is 5.69 Å². The van der Waals surface area contributed by atoms with Crippen LogP contribution in [0.25, 0.3) is 11.3 Å². The number of carboxylic acid groups (broad SMARTS) is 1. The Bertz CT molecular complexity index is 584. The van der Waals surface area contributed by atoms with Crippen molar-refractivity contribution >= 4 is 17.3 Å². The van der Waals surface area contributed by atoms with Gasteiger partial charge in [0.15, 0.2) is 0 Å². The van der Waals surface area contributed by atoms with Crippen molar-refractivity contribution in [3.8, 4) is 11.3 Å². The number of nitrogens with one attached hydrogen (secondary N) is 1. The van der Waals surface area contributed by atoms with Gasteiger partial charge in [0.2, 0.25) is 0 Å². The van der Waals surface area contributed by atoms with Crippen LogP contribution in [0.15, 0.2) is 17.6 Å². The quantitative estimate of drug-likeness (QED) is 0.905. The van der Waals surface area contributed by atoms with Gasteiger partial charge in [-0.2, -0.15) is 0 Å². The van der Waals surface area contributed by atoms with E-state index in [1.54, 1.807) is 23.6 Å². The molecular formula is C13H14N2O3S. The van der Waals surface area contributed by atoms with Crippen molar-refractivity contribution in [2.45, 2.75) is 18.8 Å². The van der Waals surface area contributed by atoms with E-state index in [1.165, 1.54) is 0 Å². The number of hydrogen-bond donors (Lipinski definition) is 2. The first kappa shape index (κ1) is 12.4. The highest BCUT2D eigenvalue weighted by Crippen LogP contribution is 2.32. The first-order valence-corrected chi connectivity index (χ1v) is 7.07. The summed E-state index contributed by atoms with van der Waals surface area (Å²) >= 11 is 1.64. The van der Waals surface area contributed by atoms with Crippen LogP contribution in [0.3, 0.4) is 0 Å². The molecule has 0 bridgehead atoms. The summed E-state index contributed by atoms with van der Waals surface area (Å²) in [6.45, 7) is 1.60. The van der Waals surface area contributed by atoms with Gasteiger partial charge in [0, 0.05) is 36.3 Å². The lowest BCUT2D eigenvalue weighted by molar-refractivity contribution is 0.0691. The number of nitrogens with zero attached hydrogens (tertiary/aromatic N) is 1. The minimum atomic E-state index is -0.953. The topological polar surface area (TPSA) is 75.2 Å². The van der Waals surface area contributed by atoms with Gasteiger partial charge in [0.25, 0.3) is 0 Å². The molecule has 1 aliphatic heterocycles. The molecule has 1 fully saturated rings. The number of aromatic carboxylic acids is 1. The first-order chi connectivity index (χ1) is 9.24. The highest BCUT2D eigenvalue weighted by molar-refractivity contribution is 7.10. The normalized spacial score (nSPS) is 16.6. The van der Waals surface area contributed by atoms with Crippen LogP contribution < -0.4 is 0 Å². The molecule has 0 amide bonds. The number of hydrogen-bond acceptors (Lipinski definition) is 4. The average Bonchev–Trinajstić information content (AvgIpc) is 3.09. The molecule has 100 valence electrons. The number of ether oxygens (including phenoxy) is 1. The van der Waals surface area contributed by atoms with Crippen LogP contribution in [0.5, 0.6) is 0 Å². The molecule has 1 saturated heterocycles. The van der Waals surface area contributed by atoms with Crippen LogP contribution in [-0.2, 0) is 4.74 Å². The van der Waals surface area contributed by atoms with E-state index < -0.39 is 5.97 Å². The number of rotatable bonds is 3. The van der Waals surface area contributed by atoms with Crippen molar-refractivity contribution in [1.82, 2.24) is 9.97 Å². The number of aromatic nitrogens is 2. The Morgan fingerprint density at radius 1 is 1.47 bits per heavy atom. The predicted octanol–water partition coefficient (Wildman–Crippen LogP) is 2.73. The molecule has 0 aromatic carbocycles. The zero-order valence-electron chi connectivity index (χ0n) is 10.3. The number of carboxylic acids is 1. The SMILES string of the molecule is O=C(O)c1cc(-c2csc(C3CCOCC3)n2)c[nH]1. The zero-order chi connectivity index (χ0) is 13.2. The molecule has 1 aliphatic rings. The van der Waals surface area contributed by atoms with E-state index in [0.29, 0.717) is 5.92 Å². The van der Waals surface area contributed by atoms with Gasteiger partial charge in [0.05, 0.1) is 10.7 Å². The van der Waals surface area contributed by atoms with Gasteiger partial charge in [-0.25, -0.2) is 9.78 Å². The summed E-state index contributed by atoms with van der Waals surface area (Å²) in [7, 11) is 0. The number of H-pyrrole nitrogens is 1. The molecule has 5 nitrogen and oxygen atoms in total. The largest absolute Gasteiger partial charge is 0.477 e. The molecule has 6 heteroatoms. The van der Waals surface area contributed by atoms with E-state index in [-0.39, 0.29) is 5.69 Å². The molecule has 19 heavy (non-hydrogen) atoms. The van der Waals surface area contributed by atoms with Crippen LogP contribution in [0.1, 0.15) is 34.3 Å². The van der Waals surface area contributed by atoms with Crippen LogP contribution in [-0.4, -0.2) is 34.3 Å². The van der Waals surface area contributed by atoms with Gasteiger partial charge in [-0.3, -0.25) is 0 Å². The van der Waals surface area contributed by atoms with Crippen molar-refractivity contribution in [2.24, 2.45) is 0 Å². The maximum absolute atomic E-state index is 10.8. The first-order valence-electron chi connectivity index (χ1n) is 6.19. The number of carbonyl (C=O) groups is 1. The van der Waals surface area contributed by atoms with E-state index >= 15 is 0 Å². The monoisotopic (exact) mass is 278 g/mol. The molecule has 0 atom stereocenters. The summed E-state index contributed by atoms with van der Waals surface area (Å²) in [5.74, 6) is -0.475. The highest BCUT2D eigenvalue weighted by Gasteiger charge is 2.19. The molecule has 2 aromatic heterocycles. The van der Waals surface area contributed by atoms with E-state index in [9.17, 15) is 4.79 Å². The maximum Gasteiger partial charge on any atom is 0.352 e. The fraction of sp³-hybridized carbons (Fsp3) is 0.385. The van der Waals surface area contributed by atoms with Crippen molar-refractivity contribution in [2.75, 3.05) is 13.2 Å². The van der Waals surface area contributed by atoms with Crippen molar-refractivity contribution < 1.29 is 14.6 Å². The van der Waals surface area contributed by atoms with E-state index in [4.69, 9.17) is 9.84 Å². The van der Waals surface area contributed by atoms with Gasteiger partial charge in [-0.05, 0) is 18.9 Å². The van der Waals surface area contributed by atoms with E-state index in [2.05, 4.69) is 9.97 Å². The second-order valence-electron chi connectivity index (χ2n) is 4.56. The highest BCUT2D eigenvalue weighted by atomic mass is 32.1. The predicted molar refractivity (Wildman–Crippen MR) is 71.7 cm³/mol. The Morgan fingerprint density at radius 3 is 2.95 bits per heavy atom. The second-order valence-corrected chi connectivity index (χ2v) is 5.45. The Balaban J connectivity index is 1.81. The molecule has 3 rings (SSSR count). The van der Waals surface area contributed by atoms with Crippen LogP contribution in [0.4, 0.5) is 0 Å². The molecule has 0 saturated carbocycles. The fourth-order valence-corrected chi connectivity index (χ4v) is 3.22. The molecule has 2 aromatic rings. The van der Waals surface area contributed by atoms with Gasteiger partial charge < -0.3 is 14.8 Å². The fourth-order valence-electron chi connectivity index (χ4n) is 2.22. The van der Waals surface area contributed by atoms with Crippen molar-refractivity contribution in [1.29, 1.82) is 0 Å². The van der Waals surface area contributed by atoms with Crippen LogP contribution in [0, 0.1) is 0 Å². The lowest BCUT2D eigenvalue weighted by Gasteiger charge is -2.19. The summed E-state index contributed by atoms with van der Waals surface area (Å²) in [5.41, 5.74) is 1.86. The maximum atomic E-state index is 10.8. The Kier molecular flexibility index (Phi) is 3.35. The van der Waals surface area contributed by atoms with Crippen molar-refractivity contribution in [3.05, 3.63) is 28.3 Å². The standard InChI is InChI=1S/C13H14N2O3S/c16-13(17)10-5-9(6-14-10)11-7-19-12(15-11)8-1-3-18-4-2-8/h5-8,14H,1-4H2,(H,16,17). The van der Waals surface area contributed by atoms with Crippen LogP contribution in [0.2, 0.25) is 0 Å². The number of thiazole rings is 1. The Labute approximate surface area is 114 Å². The molecule has 0 radical (unpaired) electrons. The van der Waals surface area contributed by atoms with Gasteiger partial charge in [-0.15, -0.1) is 11.3 Å². The zero-order valence-corrected chi connectivity index (χ0v) is 11.1. The lowest BCUT2D eigenvalue weighted by atomic mass is 10.0. The van der Waals surface area contributed by atoms with Gasteiger partial charge in [-0.1, -0.05) is 0 Å². The summed E-state index contributed by atoms with van der Waals surface area (Å²) in [6.07, 6.45) is 3.72. The molecule has 3 heterocycles. The van der Waals surface area contributed by atoms with Gasteiger partial charge >= 0.3 is 5.97 Å². The molecule has 0 aliphatic carbocycles. The third-order valence-corrected chi connectivity index (χ3v) is 4.31. The second kappa shape index (κ2) is 5.14. The lowest BCUT2D eigenvalue weighted by Crippen LogP contribution is -2.13. The van der Waals surface area contributed by atoms with Crippen LogP contribution >= 0.6 is 11.3 Å². The Hall–Kier alpha value is -1.66. The molecule has 0 unspecified atom stereocenters. The number of aromatic amines is 1. The molecule has 0 spiro atoms. The smallest absolute Gasteiger partial charge is 0.352 e. The third kappa shape index (κ3) is 2.54. The summed E-state index contributed by atoms with van der Waals surface area (Å²) in [5, 5.41) is 12.0. The summed E-state index contributed by atoms with van der Waals surface area (Å²) < 4.78 is 5.35. The molecule has 2 N–H and O–H groups in total. The average molecular weight is 278 g/mol. The minimum absolute atomic E-state index is 0.190. The Morgan fingerprint density at radius 2 is 2.26 bits per heavy atom. The molecular weight excluding hydrogens is 264 g/mol. The van der Waals surface area contributed by atoms with Crippen molar-refractivity contribution in [3.63, 3.8) is 0 Å².